The van der Waals surface area contributed by atoms with Crippen LogP contribution in [0.5, 0.6) is 11.5 Å². The molecular formula is C16H25NO3. The average molecular weight is 279 g/mol. The Morgan fingerprint density at radius 1 is 1.30 bits per heavy atom. The molecule has 4 heteroatoms. The molecule has 1 aliphatic rings. The summed E-state index contributed by atoms with van der Waals surface area (Å²) in [4.78, 5) is 2.32. The van der Waals surface area contributed by atoms with Gasteiger partial charge in [-0.3, -0.25) is 4.90 Å². The van der Waals surface area contributed by atoms with Crippen LogP contribution in [0.25, 0.3) is 0 Å². The second-order valence-corrected chi connectivity index (χ2v) is 5.59. The molecule has 1 fully saturated rings. The summed E-state index contributed by atoms with van der Waals surface area (Å²) in [5.74, 6) is 1.04. The van der Waals surface area contributed by atoms with Gasteiger partial charge in [-0.15, -0.1) is 0 Å². The van der Waals surface area contributed by atoms with Crippen molar-refractivity contribution in [3.05, 3.63) is 23.8 Å². The molecule has 0 spiro atoms. The van der Waals surface area contributed by atoms with Gasteiger partial charge in [0.05, 0.1) is 18.8 Å². The van der Waals surface area contributed by atoms with Crippen LogP contribution in [0.2, 0.25) is 0 Å². The minimum Gasteiger partial charge on any atom is -0.507 e. The SMILES string of the molecule is CCCOc1ccc(CN2CC(C)OC(C)C2)c(O)c1. The first kappa shape index (κ1) is 15.1. The van der Waals surface area contributed by atoms with Crippen molar-refractivity contribution in [3.63, 3.8) is 0 Å². The molecular weight excluding hydrogens is 254 g/mol. The van der Waals surface area contributed by atoms with Crippen molar-refractivity contribution in [2.45, 2.75) is 45.9 Å². The zero-order valence-corrected chi connectivity index (χ0v) is 12.6. The molecule has 0 aromatic heterocycles. The zero-order chi connectivity index (χ0) is 14.5. The van der Waals surface area contributed by atoms with Crippen molar-refractivity contribution in [1.29, 1.82) is 0 Å². The van der Waals surface area contributed by atoms with E-state index in [9.17, 15) is 5.11 Å². The summed E-state index contributed by atoms with van der Waals surface area (Å²) in [5.41, 5.74) is 0.940. The Balaban J connectivity index is 1.98. The Kier molecular flexibility index (Phi) is 5.26. The standard InChI is InChI=1S/C16H25NO3/c1-4-7-19-15-6-5-14(16(18)8-15)11-17-9-12(2)20-13(3)10-17/h5-6,8,12-13,18H,4,7,9-11H2,1-3H3. The largest absolute Gasteiger partial charge is 0.507 e. The lowest BCUT2D eigenvalue weighted by molar-refractivity contribution is -0.0706. The van der Waals surface area contributed by atoms with Gasteiger partial charge < -0.3 is 14.6 Å². The van der Waals surface area contributed by atoms with Crippen molar-refractivity contribution in [2.24, 2.45) is 0 Å². The third-order valence-electron chi connectivity index (χ3n) is 3.42. The van der Waals surface area contributed by atoms with Crippen molar-refractivity contribution >= 4 is 0 Å². The van der Waals surface area contributed by atoms with E-state index in [1.54, 1.807) is 6.07 Å². The van der Waals surface area contributed by atoms with Gasteiger partial charge in [-0.1, -0.05) is 13.0 Å². The molecule has 1 aliphatic heterocycles. The topological polar surface area (TPSA) is 41.9 Å². The Morgan fingerprint density at radius 3 is 2.60 bits per heavy atom. The van der Waals surface area contributed by atoms with Gasteiger partial charge in [-0.05, 0) is 26.3 Å². The fourth-order valence-electron chi connectivity index (χ4n) is 2.64. The molecule has 2 unspecified atom stereocenters. The van der Waals surface area contributed by atoms with Crippen molar-refractivity contribution in [3.8, 4) is 11.5 Å². The summed E-state index contributed by atoms with van der Waals surface area (Å²) in [6.07, 6.45) is 1.45. The zero-order valence-electron chi connectivity index (χ0n) is 12.6. The van der Waals surface area contributed by atoms with Crippen molar-refractivity contribution in [1.82, 2.24) is 4.90 Å². The molecule has 1 aromatic carbocycles. The Hall–Kier alpha value is -1.26. The highest BCUT2D eigenvalue weighted by molar-refractivity contribution is 5.39. The lowest BCUT2D eigenvalue weighted by Gasteiger charge is -2.35. The number of rotatable bonds is 5. The molecule has 1 aromatic rings. The molecule has 2 rings (SSSR count). The molecule has 1 saturated heterocycles. The van der Waals surface area contributed by atoms with Gasteiger partial charge in [0.1, 0.15) is 11.5 Å². The number of morpholine rings is 1. The normalized spacial score (nSPS) is 23.8. The quantitative estimate of drug-likeness (QED) is 0.900. The highest BCUT2D eigenvalue weighted by atomic mass is 16.5. The van der Waals surface area contributed by atoms with Crippen molar-refractivity contribution < 1.29 is 14.6 Å². The summed E-state index contributed by atoms with van der Waals surface area (Å²) in [5, 5.41) is 10.1. The van der Waals surface area contributed by atoms with E-state index in [0.29, 0.717) is 12.4 Å². The van der Waals surface area contributed by atoms with Gasteiger partial charge in [-0.25, -0.2) is 0 Å². The third-order valence-corrected chi connectivity index (χ3v) is 3.42. The smallest absolute Gasteiger partial charge is 0.123 e. The Labute approximate surface area is 121 Å². The highest BCUT2D eigenvalue weighted by Gasteiger charge is 2.22. The van der Waals surface area contributed by atoms with E-state index in [2.05, 4.69) is 25.7 Å². The number of aromatic hydroxyl groups is 1. The second kappa shape index (κ2) is 6.95. The average Bonchev–Trinajstić information content (AvgIpc) is 2.38. The molecule has 0 saturated carbocycles. The summed E-state index contributed by atoms with van der Waals surface area (Å²) >= 11 is 0. The van der Waals surface area contributed by atoms with E-state index in [1.165, 1.54) is 0 Å². The number of phenols is 1. The van der Waals surface area contributed by atoms with Gasteiger partial charge in [0, 0.05) is 31.3 Å². The van der Waals surface area contributed by atoms with E-state index in [0.717, 1.165) is 37.4 Å². The predicted molar refractivity (Wildman–Crippen MR) is 79.2 cm³/mol. The lowest BCUT2D eigenvalue weighted by Crippen LogP contribution is -2.44. The van der Waals surface area contributed by atoms with E-state index >= 15 is 0 Å². The van der Waals surface area contributed by atoms with Crippen molar-refractivity contribution in [2.75, 3.05) is 19.7 Å². The van der Waals surface area contributed by atoms with Gasteiger partial charge in [0.15, 0.2) is 0 Å². The van der Waals surface area contributed by atoms with Crippen LogP contribution in [0.15, 0.2) is 18.2 Å². The highest BCUT2D eigenvalue weighted by Crippen LogP contribution is 2.26. The van der Waals surface area contributed by atoms with E-state index < -0.39 is 0 Å². The maximum Gasteiger partial charge on any atom is 0.123 e. The molecule has 1 heterocycles. The number of nitrogens with zero attached hydrogens (tertiary/aromatic N) is 1. The van der Waals surface area contributed by atoms with Crippen LogP contribution in [-0.2, 0) is 11.3 Å². The Bertz CT molecular complexity index is 426. The van der Waals surface area contributed by atoms with Crippen LogP contribution in [-0.4, -0.2) is 41.9 Å². The maximum absolute atomic E-state index is 10.1. The first-order valence-electron chi connectivity index (χ1n) is 7.41. The molecule has 20 heavy (non-hydrogen) atoms. The summed E-state index contributed by atoms with van der Waals surface area (Å²) < 4.78 is 11.2. The minimum absolute atomic E-state index is 0.244. The molecule has 1 N–H and O–H groups in total. The summed E-state index contributed by atoms with van der Waals surface area (Å²) in [6, 6.07) is 5.58. The summed E-state index contributed by atoms with van der Waals surface area (Å²) in [7, 11) is 0. The van der Waals surface area contributed by atoms with Crippen LogP contribution in [0, 0.1) is 0 Å². The molecule has 0 radical (unpaired) electrons. The van der Waals surface area contributed by atoms with E-state index in [4.69, 9.17) is 9.47 Å². The molecule has 0 bridgehead atoms. The summed E-state index contributed by atoms with van der Waals surface area (Å²) in [6.45, 7) is 9.47. The monoisotopic (exact) mass is 279 g/mol. The maximum atomic E-state index is 10.1. The van der Waals surface area contributed by atoms with E-state index in [-0.39, 0.29) is 12.2 Å². The number of phenolic OH excluding ortho intramolecular Hbond substituents is 1. The fourth-order valence-corrected chi connectivity index (χ4v) is 2.64. The minimum atomic E-state index is 0.244. The Morgan fingerprint density at radius 2 is 2.00 bits per heavy atom. The third kappa shape index (κ3) is 4.12. The molecule has 2 atom stereocenters. The van der Waals surface area contributed by atoms with Gasteiger partial charge >= 0.3 is 0 Å². The molecule has 112 valence electrons. The predicted octanol–water partition coefficient (Wildman–Crippen LogP) is 2.79. The van der Waals surface area contributed by atoms with Crippen LogP contribution < -0.4 is 4.74 Å². The van der Waals surface area contributed by atoms with Gasteiger partial charge in [0.25, 0.3) is 0 Å². The number of benzene rings is 1. The number of hydrogen-bond donors (Lipinski definition) is 1. The number of ether oxygens (including phenoxy) is 2. The van der Waals surface area contributed by atoms with Gasteiger partial charge in [0.2, 0.25) is 0 Å². The van der Waals surface area contributed by atoms with Crippen LogP contribution in [0.1, 0.15) is 32.8 Å². The molecule has 0 aliphatic carbocycles. The number of hydrogen-bond acceptors (Lipinski definition) is 4. The first-order valence-corrected chi connectivity index (χ1v) is 7.41. The van der Waals surface area contributed by atoms with Gasteiger partial charge in [-0.2, -0.15) is 0 Å². The lowest BCUT2D eigenvalue weighted by atomic mass is 10.1. The van der Waals surface area contributed by atoms with Crippen LogP contribution >= 0.6 is 0 Å². The second-order valence-electron chi connectivity index (χ2n) is 5.59. The van der Waals surface area contributed by atoms with E-state index in [1.807, 2.05) is 12.1 Å². The molecule has 4 nitrogen and oxygen atoms in total. The molecule has 0 amide bonds. The fraction of sp³-hybridized carbons (Fsp3) is 0.625. The van der Waals surface area contributed by atoms with Crippen LogP contribution in [0.3, 0.4) is 0 Å². The van der Waals surface area contributed by atoms with Crippen LogP contribution in [0.4, 0.5) is 0 Å². The first-order chi connectivity index (χ1) is 9.58.